The zero-order valence-electron chi connectivity index (χ0n) is 11.9. The molecule has 0 saturated carbocycles. The van der Waals surface area contributed by atoms with Crippen LogP contribution in [0.3, 0.4) is 0 Å². The van der Waals surface area contributed by atoms with E-state index in [2.05, 4.69) is 21.2 Å². The number of hydrogen-bond donors (Lipinski definition) is 2. The van der Waals surface area contributed by atoms with E-state index in [0.29, 0.717) is 10.9 Å². The van der Waals surface area contributed by atoms with Crippen molar-refractivity contribution in [1.29, 1.82) is 0 Å². The number of anilines is 1. The van der Waals surface area contributed by atoms with Gasteiger partial charge in [0.1, 0.15) is 0 Å². The minimum atomic E-state index is -1.08. The molecule has 0 aliphatic carbocycles. The fourth-order valence-electron chi connectivity index (χ4n) is 2.40. The number of hydrogen-bond acceptors (Lipinski definition) is 2. The van der Waals surface area contributed by atoms with E-state index >= 15 is 0 Å². The Balaban J connectivity index is 2.02. The first-order valence-electron chi connectivity index (χ1n) is 6.88. The van der Waals surface area contributed by atoms with Crippen molar-refractivity contribution in [3.8, 4) is 0 Å². The Bertz CT molecular complexity index is 904. The normalized spacial score (nSPS) is 10.5. The van der Waals surface area contributed by atoms with Gasteiger partial charge < -0.3 is 10.4 Å². The summed E-state index contributed by atoms with van der Waals surface area (Å²) in [4.78, 5) is 24.0. The zero-order valence-corrected chi connectivity index (χ0v) is 13.5. The molecule has 3 aromatic rings. The number of carboxylic acid groups (broad SMARTS) is 1. The predicted octanol–water partition coefficient (Wildman–Crippen LogP) is 4.55. The van der Waals surface area contributed by atoms with Crippen LogP contribution in [-0.2, 0) is 0 Å². The van der Waals surface area contributed by atoms with Crippen molar-refractivity contribution >= 4 is 44.3 Å². The minimum Gasteiger partial charge on any atom is -0.478 e. The molecule has 0 bridgehead atoms. The first kappa shape index (κ1) is 15.2. The Morgan fingerprint density at radius 1 is 0.913 bits per heavy atom. The van der Waals surface area contributed by atoms with Crippen LogP contribution in [-0.4, -0.2) is 17.0 Å². The molecule has 4 nitrogen and oxygen atoms in total. The lowest BCUT2D eigenvalue weighted by Gasteiger charge is -2.11. The molecule has 3 rings (SSSR count). The molecule has 0 aromatic heterocycles. The summed E-state index contributed by atoms with van der Waals surface area (Å²) in [6.45, 7) is 0. The average molecular weight is 370 g/mol. The summed E-state index contributed by atoms with van der Waals surface area (Å²) in [5.41, 5.74) is 0.829. The van der Waals surface area contributed by atoms with Gasteiger partial charge in [-0.3, -0.25) is 4.79 Å². The Hall–Kier alpha value is -2.66. The van der Waals surface area contributed by atoms with Gasteiger partial charge in [0.15, 0.2) is 0 Å². The van der Waals surface area contributed by atoms with Crippen LogP contribution in [0.4, 0.5) is 5.69 Å². The number of amides is 1. The van der Waals surface area contributed by atoms with Gasteiger partial charge in [-0.15, -0.1) is 0 Å². The minimum absolute atomic E-state index is 0.0913. The molecular formula is C18H12BrNO3. The van der Waals surface area contributed by atoms with E-state index in [1.165, 1.54) is 0 Å². The number of carbonyl (C=O) groups excluding carboxylic acids is 1. The van der Waals surface area contributed by atoms with Gasteiger partial charge in [-0.05, 0) is 41.1 Å². The molecular weight excluding hydrogens is 358 g/mol. The molecule has 5 heteroatoms. The quantitative estimate of drug-likeness (QED) is 0.711. The third-order valence-electron chi connectivity index (χ3n) is 3.50. The van der Waals surface area contributed by atoms with Gasteiger partial charge in [0.25, 0.3) is 5.91 Å². The molecule has 0 heterocycles. The molecule has 0 radical (unpaired) electrons. The monoisotopic (exact) mass is 369 g/mol. The van der Waals surface area contributed by atoms with Crippen LogP contribution >= 0.6 is 15.9 Å². The van der Waals surface area contributed by atoms with Crippen molar-refractivity contribution in [2.24, 2.45) is 0 Å². The standard InChI is InChI=1S/C18H12BrNO3/c19-13-8-5-12(6-9-13)17(21)20-15-10-7-11-3-1-2-4-14(11)16(15)18(22)23/h1-10H,(H,20,21)(H,22,23). The lowest BCUT2D eigenvalue weighted by Crippen LogP contribution is -2.15. The van der Waals surface area contributed by atoms with E-state index in [-0.39, 0.29) is 17.2 Å². The topological polar surface area (TPSA) is 66.4 Å². The third-order valence-corrected chi connectivity index (χ3v) is 4.03. The fourth-order valence-corrected chi connectivity index (χ4v) is 2.67. The zero-order chi connectivity index (χ0) is 16.4. The van der Waals surface area contributed by atoms with Gasteiger partial charge >= 0.3 is 5.97 Å². The van der Waals surface area contributed by atoms with Crippen LogP contribution in [0.5, 0.6) is 0 Å². The largest absolute Gasteiger partial charge is 0.478 e. The molecule has 0 saturated heterocycles. The molecule has 1 amide bonds. The maximum Gasteiger partial charge on any atom is 0.338 e. The summed E-state index contributed by atoms with van der Waals surface area (Å²) >= 11 is 3.31. The number of carboxylic acids is 1. The van der Waals surface area contributed by atoms with Crippen LogP contribution < -0.4 is 5.32 Å². The molecule has 0 unspecified atom stereocenters. The van der Waals surface area contributed by atoms with E-state index in [9.17, 15) is 14.7 Å². The summed E-state index contributed by atoms with van der Waals surface area (Å²) in [5.74, 6) is -1.43. The molecule has 0 spiro atoms. The highest BCUT2D eigenvalue weighted by atomic mass is 79.9. The lowest BCUT2D eigenvalue weighted by atomic mass is 10.0. The molecule has 23 heavy (non-hydrogen) atoms. The van der Waals surface area contributed by atoms with Crippen molar-refractivity contribution in [2.45, 2.75) is 0 Å². The van der Waals surface area contributed by atoms with Gasteiger partial charge in [-0.1, -0.05) is 46.3 Å². The summed E-state index contributed by atoms with van der Waals surface area (Å²) in [5, 5.41) is 13.6. The molecule has 0 atom stereocenters. The summed E-state index contributed by atoms with van der Waals surface area (Å²) in [7, 11) is 0. The number of halogens is 1. The lowest BCUT2D eigenvalue weighted by molar-refractivity contribution is 0.0700. The molecule has 0 aliphatic rings. The van der Waals surface area contributed by atoms with Gasteiger partial charge in [0, 0.05) is 10.0 Å². The second kappa shape index (κ2) is 6.22. The van der Waals surface area contributed by atoms with Crippen LogP contribution in [0.15, 0.2) is 65.1 Å². The van der Waals surface area contributed by atoms with Crippen LogP contribution in [0.1, 0.15) is 20.7 Å². The Labute approximate surface area is 140 Å². The molecule has 0 aliphatic heterocycles. The number of benzene rings is 3. The van der Waals surface area contributed by atoms with Gasteiger partial charge in [-0.2, -0.15) is 0 Å². The van der Waals surface area contributed by atoms with Crippen molar-refractivity contribution in [3.05, 3.63) is 76.3 Å². The van der Waals surface area contributed by atoms with E-state index in [1.54, 1.807) is 48.5 Å². The first-order chi connectivity index (χ1) is 11.1. The summed E-state index contributed by atoms with van der Waals surface area (Å²) < 4.78 is 0.867. The van der Waals surface area contributed by atoms with Crippen molar-refractivity contribution in [3.63, 3.8) is 0 Å². The maximum absolute atomic E-state index is 12.3. The van der Waals surface area contributed by atoms with Crippen molar-refractivity contribution in [2.75, 3.05) is 5.32 Å². The highest BCUT2D eigenvalue weighted by Crippen LogP contribution is 2.27. The SMILES string of the molecule is O=C(Nc1ccc2ccccc2c1C(=O)O)c1ccc(Br)cc1. The van der Waals surface area contributed by atoms with Gasteiger partial charge in [-0.25, -0.2) is 4.79 Å². The van der Waals surface area contributed by atoms with E-state index in [4.69, 9.17) is 0 Å². The predicted molar refractivity (Wildman–Crippen MR) is 93.0 cm³/mol. The smallest absolute Gasteiger partial charge is 0.338 e. The van der Waals surface area contributed by atoms with Crippen molar-refractivity contribution in [1.82, 2.24) is 0 Å². The molecule has 0 fully saturated rings. The van der Waals surface area contributed by atoms with Crippen LogP contribution in [0, 0.1) is 0 Å². The summed E-state index contributed by atoms with van der Waals surface area (Å²) in [6.07, 6.45) is 0. The van der Waals surface area contributed by atoms with Crippen molar-refractivity contribution < 1.29 is 14.7 Å². The van der Waals surface area contributed by atoms with Crippen LogP contribution in [0.2, 0.25) is 0 Å². The maximum atomic E-state index is 12.3. The van der Waals surface area contributed by atoms with Gasteiger partial charge in [0.05, 0.1) is 11.3 Å². The Kier molecular flexibility index (Phi) is 4.12. The first-order valence-corrected chi connectivity index (χ1v) is 7.67. The highest BCUT2D eigenvalue weighted by Gasteiger charge is 2.16. The third kappa shape index (κ3) is 3.10. The number of fused-ring (bicyclic) bond motifs is 1. The number of nitrogens with one attached hydrogen (secondary N) is 1. The average Bonchev–Trinajstić information content (AvgIpc) is 2.54. The fraction of sp³-hybridized carbons (Fsp3) is 0. The highest BCUT2D eigenvalue weighted by molar-refractivity contribution is 9.10. The second-order valence-corrected chi connectivity index (χ2v) is 5.89. The molecule has 2 N–H and O–H groups in total. The van der Waals surface area contributed by atoms with Gasteiger partial charge in [0.2, 0.25) is 0 Å². The van der Waals surface area contributed by atoms with E-state index in [1.807, 2.05) is 12.1 Å². The second-order valence-electron chi connectivity index (χ2n) is 4.98. The number of rotatable bonds is 3. The Morgan fingerprint density at radius 2 is 1.61 bits per heavy atom. The Morgan fingerprint density at radius 3 is 2.30 bits per heavy atom. The number of carbonyl (C=O) groups is 2. The molecule has 114 valence electrons. The number of aromatic carboxylic acids is 1. The van der Waals surface area contributed by atoms with Crippen LogP contribution in [0.25, 0.3) is 10.8 Å². The van der Waals surface area contributed by atoms with E-state index in [0.717, 1.165) is 9.86 Å². The summed E-state index contributed by atoms with van der Waals surface area (Å²) in [6, 6.07) is 17.4. The molecule has 3 aromatic carbocycles. The van der Waals surface area contributed by atoms with E-state index < -0.39 is 5.97 Å².